The van der Waals surface area contributed by atoms with Crippen LogP contribution in [0.5, 0.6) is 0 Å². The molecule has 0 N–H and O–H groups in total. The molecule has 20 heavy (non-hydrogen) atoms. The van der Waals surface area contributed by atoms with Crippen molar-refractivity contribution in [2.75, 3.05) is 27.4 Å². The lowest BCUT2D eigenvalue weighted by Crippen LogP contribution is -2.03. The Morgan fingerprint density at radius 2 is 1.30 bits per heavy atom. The highest BCUT2D eigenvalue weighted by atomic mass is 31.2. The van der Waals surface area contributed by atoms with Crippen molar-refractivity contribution in [1.29, 1.82) is 0 Å². The summed E-state index contributed by atoms with van der Waals surface area (Å²) in [4.78, 5) is 0. The number of unbranched alkanes of at least 4 members (excludes halogenated alkanes) is 2. The van der Waals surface area contributed by atoms with Crippen molar-refractivity contribution in [2.45, 2.75) is 39.5 Å². The molecule has 8 heteroatoms. The second kappa shape index (κ2) is 9.88. The van der Waals surface area contributed by atoms with Crippen LogP contribution < -0.4 is 0 Å². The fourth-order valence-corrected chi connectivity index (χ4v) is 5.00. The standard InChI is InChI=1S/C12H26O6P2/c1-6-8-10-17-20(14,18-11-9-7-2)12(3)19(13,15-4)16-5/h3,6-11H2,1-2,4-5H3. The van der Waals surface area contributed by atoms with Gasteiger partial charge in [-0.05, 0) is 12.8 Å². The minimum absolute atomic E-state index is 0.242. The molecule has 0 aliphatic rings. The summed E-state index contributed by atoms with van der Waals surface area (Å²) in [5.74, 6) is 0. The van der Waals surface area contributed by atoms with Gasteiger partial charge in [-0.25, -0.2) is 0 Å². The Kier molecular flexibility index (Phi) is 9.90. The molecule has 0 aromatic heterocycles. The van der Waals surface area contributed by atoms with Gasteiger partial charge in [0.1, 0.15) is 5.06 Å². The lowest BCUT2D eigenvalue weighted by Gasteiger charge is -2.24. The second-order valence-corrected chi connectivity index (χ2v) is 8.82. The highest BCUT2D eigenvalue weighted by Gasteiger charge is 2.42. The molecule has 0 saturated carbocycles. The van der Waals surface area contributed by atoms with Gasteiger partial charge in [0.2, 0.25) is 0 Å². The summed E-state index contributed by atoms with van der Waals surface area (Å²) in [5, 5.41) is -0.248. The molecule has 0 heterocycles. The molecule has 0 bridgehead atoms. The van der Waals surface area contributed by atoms with Crippen LogP contribution in [-0.4, -0.2) is 27.4 Å². The van der Waals surface area contributed by atoms with Crippen molar-refractivity contribution >= 4 is 15.2 Å². The zero-order valence-corrected chi connectivity index (χ0v) is 14.6. The third kappa shape index (κ3) is 5.80. The molecule has 0 saturated heterocycles. The molecule has 6 nitrogen and oxygen atoms in total. The Hall–Kier alpha value is 0.0400. The van der Waals surface area contributed by atoms with Gasteiger partial charge in [-0.3, -0.25) is 9.13 Å². The molecular weight excluding hydrogens is 302 g/mol. The molecule has 0 aliphatic heterocycles. The van der Waals surface area contributed by atoms with Crippen LogP contribution in [0.1, 0.15) is 39.5 Å². The third-order valence-corrected chi connectivity index (χ3v) is 7.37. The van der Waals surface area contributed by atoms with E-state index in [1.165, 1.54) is 14.2 Å². The van der Waals surface area contributed by atoms with Gasteiger partial charge in [0.05, 0.1) is 13.2 Å². The van der Waals surface area contributed by atoms with Crippen molar-refractivity contribution in [1.82, 2.24) is 0 Å². The topological polar surface area (TPSA) is 71.1 Å². The molecule has 0 radical (unpaired) electrons. The summed E-state index contributed by atoms with van der Waals surface area (Å²) in [5.41, 5.74) is 0. The van der Waals surface area contributed by atoms with Gasteiger partial charge in [-0.2, -0.15) is 0 Å². The first-order chi connectivity index (χ1) is 9.40. The van der Waals surface area contributed by atoms with Crippen molar-refractivity contribution in [2.24, 2.45) is 0 Å². The van der Waals surface area contributed by atoms with Gasteiger partial charge < -0.3 is 18.1 Å². The average molecular weight is 328 g/mol. The van der Waals surface area contributed by atoms with E-state index in [-0.39, 0.29) is 18.3 Å². The maximum Gasteiger partial charge on any atom is 0.368 e. The Morgan fingerprint density at radius 1 is 0.900 bits per heavy atom. The predicted octanol–water partition coefficient (Wildman–Crippen LogP) is 4.77. The monoisotopic (exact) mass is 328 g/mol. The number of hydrogen-bond acceptors (Lipinski definition) is 6. The van der Waals surface area contributed by atoms with Crippen LogP contribution in [0.2, 0.25) is 0 Å². The zero-order valence-electron chi connectivity index (χ0n) is 12.8. The largest absolute Gasteiger partial charge is 0.368 e. The third-order valence-electron chi connectivity index (χ3n) is 2.63. The minimum Gasteiger partial charge on any atom is -0.308 e. The SMILES string of the molecule is C=C(P(=O)(OC)OC)P(=O)(OCCCC)OCCCC. The molecule has 0 spiro atoms. The average Bonchev–Trinajstić information content (AvgIpc) is 2.46. The van der Waals surface area contributed by atoms with Gasteiger partial charge in [-0.15, -0.1) is 0 Å². The van der Waals surface area contributed by atoms with E-state index in [9.17, 15) is 9.13 Å². The maximum absolute atomic E-state index is 12.8. The van der Waals surface area contributed by atoms with Crippen LogP contribution >= 0.6 is 15.2 Å². The minimum atomic E-state index is -3.73. The molecule has 0 aromatic carbocycles. The van der Waals surface area contributed by atoms with Crippen LogP contribution in [0.25, 0.3) is 0 Å². The summed E-state index contributed by atoms with van der Waals surface area (Å²) >= 11 is 0. The van der Waals surface area contributed by atoms with E-state index < -0.39 is 15.2 Å². The van der Waals surface area contributed by atoms with Crippen LogP contribution in [0.15, 0.2) is 11.6 Å². The van der Waals surface area contributed by atoms with E-state index in [2.05, 4.69) is 6.58 Å². The van der Waals surface area contributed by atoms with E-state index in [1.807, 2.05) is 13.8 Å². The summed E-state index contributed by atoms with van der Waals surface area (Å²) in [6.45, 7) is 8.02. The predicted molar refractivity (Wildman–Crippen MR) is 80.1 cm³/mol. The van der Waals surface area contributed by atoms with Gasteiger partial charge in [0.15, 0.2) is 0 Å². The van der Waals surface area contributed by atoms with E-state index in [1.54, 1.807) is 0 Å². The van der Waals surface area contributed by atoms with E-state index in [4.69, 9.17) is 18.1 Å². The van der Waals surface area contributed by atoms with Crippen LogP contribution in [-0.2, 0) is 27.2 Å². The quantitative estimate of drug-likeness (QED) is 0.379. The Labute approximate surface area is 121 Å². The Balaban J connectivity index is 5.03. The van der Waals surface area contributed by atoms with Crippen molar-refractivity contribution in [3.63, 3.8) is 0 Å². The van der Waals surface area contributed by atoms with Gasteiger partial charge in [0, 0.05) is 14.2 Å². The molecule has 0 unspecified atom stereocenters. The van der Waals surface area contributed by atoms with E-state index in [0.717, 1.165) is 25.7 Å². The number of rotatable bonds is 12. The van der Waals surface area contributed by atoms with Crippen LogP contribution in [0.3, 0.4) is 0 Å². The highest BCUT2D eigenvalue weighted by Crippen LogP contribution is 2.72. The van der Waals surface area contributed by atoms with E-state index in [0.29, 0.717) is 0 Å². The van der Waals surface area contributed by atoms with Crippen molar-refractivity contribution in [3.05, 3.63) is 11.6 Å². The molecule has 0 amide bonds. The fourth-order valence-electron chi connectivity index (χ4n) is 1.28. The van der Waals surface area contributed by atoms with Gasteiger partial charge >= 0.3 is 15.2 Å². The Morgan fingerprint density at radius 3 is 1.60 bits per heavy atom. The number of hydrogen-bond donors (Lipinski definition) is 0. The molecule has 120 valence electrons. The first-order valence-corrected chi connectivity index (χ1v) is 9.79. The molecular formula is C12H26O6P2. The summed E-state index contributed by atoms with van der Waals surface area (Å²) in [6, 6.07) is 0. The van der Waals surface area contributed by atoms with Gasteiger partial charge in [0.25, 0.3) is 0 Å². The second-order valence-electron chi connectivity index (χ2n) is 4.15. The van der Waals surface area contributed by atoms with E-state index >= 15 is 0 Å². The van der Waals surface area contributed by atoms with Crippen LogP contribution in [0.4, 0.5) is 0 Å². The highest BCUT2D eigenvalue weighted by molar-refractivity contribution is 7.78. The molecule has 0 atom stereocenters. The maximum atomic E-state index is 12.8. The van der Waals surface area contributed by atoms with Crippen LogP contribution in [0, 0.1) is 0 Å². The first kappa shape index (κ1) is 20.0. The lowest BCUT2D eigenvalue weighted by molar-refractivity contribution is 0.204. The summed E-state index contributed by atoms with van der Waals surface area (Å²) in [6.07, 6.45) is 3.21. The normalized spacial score (nSPS) is 12.6. The lowest BCUT2D eigenvalue weighted by atomic mass is 10.4. The van der Waals surface area contributed by atoms with Gasteiger partial charge in [-0.1, -0.05) is 33.3 Å². The molecule has 0 aliphatic carbocycles. The molecule has 0 rings (SSSR count). The van der Waals surface area contributed by atoms with Crippen molar-refractivity contribution in [3.8, 4) is 0 Å². The fraction of sp³-hybridized carbons (Fsp3) is 0.833. The summed E-state index contributed by atoms with van der Waals surface area (Å²) in [7, 11) is -5.02. The smallest absolute Gasteiger partial charge is 0.308 e. The molecule has 0 aromatic rings. The van der Waals surface area contributed by atoms with Crippen molar-refractivity contribution < 1.29 is 27.2 Å². The zero-order chi connectivity index (χ0) is 15.6. The molecule has 0 fully saturated rings. The summed E-state index contributed by atoms with van der Waals surface area (Å²) < 4.78 is 45.3. The Bertz CT molecular complexity index is 360. The first-order valence-electron chi connectivity index (χ1n) is 6.70.